The van der Waals surface area contributed by atoms with Gasteiger partial charge in [-0.3, -0.25) is 5.43 Å². The van der Waals surface area contributed by atoms with E-state index in [1.54, 1.807) is 7.11 Å². The lowest BCUT2D eigenvalue weighted by Gasteiger charge is -2.48. The third-order valence-corrected chi connectivity index (χ3v) is 2.85. The van der Waals surface area contributed by atoms with Gasteiger partial charge in [-0.15, -0.1) is 0 Å². The van der Waals surface area contributed by atoms with Crippen LogP contribution in [0, 0.1) is 5.41 Å². The van der Waals surface area contributed by atoms with E-state index in [2.05, 4.69) is 24.3 Å². The molecule has 0 amide bonds. The van der Waals surface area contributed by atoms with E-state index in [0.29, 0.717) is 0 Å². The highest BCUT2D eigenvalue weighted by Gasteiger charge is 2.48. The second-order valence-electron chi connectivity index (χ2n) is 3.96. The lowest BCUT2D eigenvalue weighted by atomic mass is 9.65. The van der Waals surface area contributed by atoms with Crippen molar-refractivity contribution in [2.45, 2.75) is 32.4 Å². The SMILES string of the molecule is COC1CC(N=C(N)NN)C1(C)C. The smallest absolute Gasteiger partial charge is 0.203 e. The zero-order valence-corrected chi connectivity index (χ0v) is 8.37. The van der Waals surface area contributed by atoms with Crippen molar-refractivity contribution in [3.05, 3.63) is 0 Å². The first-order valence-corrected chi connectivity index (χ1v) is 4.35. The molecular formula is C8H18N4O. The maximum Gasteiger partial charge on any atom is 0.203 e. The molecule has 2 atom stereocenters. The van der Waals surface area contributed by atoms with Gasteiger partial charge in [-0.05, 0) is 6.42 Å². The number of hydrogen-bond donors (Lipinski definition) is 3. The number of hydrazine groups is 1. The molecule has 1 saturated carbocycles. The normalized spacial score (nSPS) is 32.5. The summed E-state index contributed by atoms with van der Waals surface area (Å²) in [5.41, 5.74) is 7.84. The minimum Gasteiger partial charge on any atom is -0.381 e. The Bertz CT molecular complexity index is 214. The van der Waals surface area contributed by atoms with Crippen LogP contribution in [0.4, 0.5) is 0 Å². The van der Waals surface area contributed by atoms with Gasteiger partial charge in [-0.2, -0.15) is 0 Å². The van der Waals surface area contributed by atoms with E-state index in [4.69, 9.17) is 16.3 Å². The molecular weight excluding hydrogens is 168 g/mol. The van der Waals surface area contributed by atoms with Crippen molar-refractivity contribution in [3.63, 3.8) is 0 Å². The number of guanidine groups is 1. The van der Waals surface area contributed by atoms with E-state index in [1.165, 1.54) is 0 Å². The second kappa shape index (κ2) is 3.51. The molecule has 5 nitrogen and oxygen atoms in total. The Labute approximate surface area is 78.5 Å². The highest BCUT2D eigenvalue weighted by atomic mass is 16.5. The number of rotatable bonds is 2. The van der Waals surface area contributed by atoms with Crippen LogP contribution < -0.4 is 17.0 Å². The van der Waals surface area contributed by atoms with Gasteiger partial charge in [0.25, 0.3) is 0 Å². The zero-order chi connectivity index (χ0) is 10.1. The first kappa shape index (κ1) is 10.3. The number of nitrogens with zero attached hydrogens (tertiary/aromatic N) is 1. The molecule has 0 spiro atoms. The summed E-state index contributed by atoms with van der Waals surface area (Å²) < 4.78 is 5.29. The molecule has 0 aliphatic heterocycles. The van der Waals surface area contributed by atoms with Crippen LogP contribution in [-0.4, -0.2) is 25.2 Å². The van der Waals surface area contributed by atoms with Crippen molar-refractivity contribution < 1.29 is 4.74 Å². The Morgan fingerprint density at radius 3 is 2.62 bits per heavy atom. The van der Waals surface area contributed by atoms with Crippen LogP contribution in [0.2, 0.25) is 0 Å². The highest BCUT2D eigenvalue weighted by Crippen LogP contribution is 2.44. The Morgan fingerprint density at radius 1 is 1.62 bits per heavy atom. The summed E-state index contributed by atoms with van der Waals surface area (Å²) in [6.07, 6.45) is 1.18. The molecule has 1 fully saturated rings. The fourth-order valence-corrected chi connectivity index (χ4v) is 1.69. The quantitative estimate of drug-likeness (QED) is 0.236. The number of methoxy groups -OCH3 is 1. The molecule has 0 bridgehead atoms. The lowest BCUT2D eigenvalue weighted by Crippen LogP contribution is -2.54. The lowest BCUT2D eigenvalue weighted by molar-refractivity contribution is -0.0851. The van der Waals surface area contributed by atoms with Gasteiger partial charge in [0.2, 0.25) is 5.96 Å². The van der Waals surface area contributed by atoms with Crippen LogP contribution in [0.15, 0.2) is 4.99 Å². The first-order chi connectivity index (χ1) is 6.02. The van der Waals surface area contributed by atoms with Crippen molar-refractivity contribution >= 4 is 5.96 Å². The average Bonchev–Trinajstić information content (AvgIpc) is 2.10. The van der Waals surface area contributed by atoms with E-state index in [0.717, 1.165) is 6.42 Å². The van der Waals surface area contributed by atoms with Gasteiger partial charge in [0.05, 0.1) is 12.1 Å². The van der Waals surface area contributed by atoms with Crippen molar-refractivity contribution in [3.8, 4) is 0 Å². The van der Waals surface area contributed by atoms with Gasteiger partial charge in [0, 0.05) is 12.5 Å². The Kier molecular flexibility index (Phi) is 2.77. The minimum atomic E-state index is 0.0518. The third kappa shape index (κ3) is 1.76. The van der Waals surface area contributed by atoms with Crippen LogP contribution in [0.5, 0.6) is 0 Å². The molecule has 76 valence electrons. The average molecular weight is 186 g/mol. The van der Waals surface area contributed by atoms with Gasteiger partial charge >= 0.3 is 0 Å². The summed E-state index contributed by atoms with van der Waals surface area (Å²) in [5, 5.41) is 0. The predicted molar refractivity (Wildman–Crippen MR) is 51.9 cm³/mol. The third-order valence-electron chi connectivity index (χ3n) is 2.85. The van der Waals surface area contributed by atoms with E-state index in [9.17, 15) is 0 Å². The molecule has 1 aliphatic carbocycles. The highest BCUT2D eigenvalue weighted by molar-refractivity contribution is 5.77. The summed E-state index contributed by atoms with van der Waals surface area (Å²) in [6, 6.07) is 0.202. The predicted octanol–water partition coefficient (Wildman–Crippen LogP) is -0.422. The number of hydrogen-bond acceptors (Lipinski definition) is 3. The molecule has 1 aliphatic rings. The van der Waals surface area contributed by atoms with Gasteiger partial charge in [0.15, 0.2) is 0 Å². The Balaban J connectivity index is 2.58. The van der Waals surface area contributed by atoms with Crippen LogP contribution in [0.25, 0.3) is 0 Å². The van der Waals surface area contributed by atoms with E-state index in [1.807, 2.05) is 0 Å². The summed E-state index contributed by atoms with van der Waals surface area (Å²) >= 11 is 0. The molecule has 5 N–H and O–H groups in total. The van der Waals surface area contributed by atoms with Crippen LogP contribution >= 0.6 is 0 Å². The van der Waals surface area contributed by atoms with Crippen LogP contribution in [0.1, 0.15) is 20.3 Å². The minimum absolute atomic E-state index is 0.0518. The van der Waals surface area contributed by atoms with Gasteiger partial charge < -0.3 is 10.5 Å². The number of ether oxygens (including phenoxy) is 1. The van der Waals surface area contributed by atoms with Crippen molar-refractivity contribution in [1.29, 1.82) is 0 Å². The first-order valence-electron chi connectivity index (χ1n) is 4.35. The van der Waals surface area contributed by atoms with Gasteiger partial charge in [-0.1, -0.05) is 13.8 Å². The fraction of sp³-hybridized carbons (Fsp3) is 0.875. The molecule has 13 heavy (non-hydrogen) atoms. The Hall–Kier alpha value is -0.810. The largest absolute Gasteiger partial charge is 0.381 e. The number of nitrogens with two attached hydrogens (primary N) is 2. The molecule has 2 unspecified atom stereocenters. The summed E-state index contributed by atoms with van der Waals surface area (Å²) in [6.45, 7) is 4.23. The summed E-state index contributed by atoms with van der Waals surface area (Å²) in [5.74, 6) is 5.40. The molecule has 0 aromatic heterocycles. The second-order valence-corrected chi connectivity index (χ2v) is 3.96. The standard InChI is InChI=1S/C8H18N4O/c1-8(2)5(4-6(8)13-3)11-7(9)12-10/h5-6H,4,10H2,1-3H3,(H3,9,11,12). The van der Waals surface area contributed by atoms with E-state index >= 15 is 0 Å². The van der Waals surface area contributed by atoms with Crippen molar-refractivity contribution in [2.75, 3.05) is 7.11 Å². The van der Waals surface area contributed by atoms with E-state index in [-0.39, 0.29) is 23.5 Å². The molecule has 0 heterocycles. The van der Waals surface area contributed by atoms with Gasteiger partial charge in [0.1, 0.15) is 0 Å². The molecule has 0 aromatic carbocycles. The van der Waals surface area contributed by atoms with Crippen LogP contribution in [0.3, 0.4) is 0 Å². The number of nitrogens with one attached hydrogen (secondary N) is 1. The summed E-state index contributed by atoms with van der Waals surface area (Å²) in [4.78, 5) is 4.23. The maximum absolute atomic E-state index is 5.46. The topological polar surface area (TPSA) is 85.7 Å². The monoisotopic (exact) mass is 186 g/mol. The van der Waals surface area contributed by atoms with Crippen molar-refractivity contribution in [1.82, 2.24) is 5.43 Å². The van der Waals surface area contributed by atoms with Crippen LogP contribution in [-0.2, 0) is 4.74 Å². The molecule has 5 heteroatoms. The van der Waals surface area contributed by atoms with Crippen molar-refractivity contribution in [2.24, 2.45) is 22.0 Å². The fourth-order valence-electron chi connectivity index (χ4n) is 1.69. The molecule has 0 aromatic rings. The van der Waals surface area contributed by atoms with Gasteiger partial charge in [-0.25, -0.2) is 10.8 Å². The molecule has 0 saturated heterocycles. The maximum atomic E-state index is 5.46. The summed E-state index contributed by atoms with van der Waals surface area (Å²) in [7, 11) is 1.72. The molecule has 1 rings (SSSR count). The number of aliphatic imine (C=N–C) groups is 1. The van der Waals surface area contributed by atoms with E-state index < -0.39 is 0 Å². The Morgan fingerprint density at radius 2 is 2.23 bits per heavy atom. The molecule has 0 radical (unpaired) electrons. The zero-order valence-electron chi connectivity index (χ0n) is 8.37.